The second-order valence-corrected chi connectivity index (χ2v) is 5.35. The molecule has 1 heterocycles. The number of hydrogen-bond acceptors (Lipinski definition) is 3. The third kappa shape index (κ3) is 3.58. The molecular formula is C13H24N2S. The molecule has 2 atom stereocenters. The number of likely N-dealkylation sites (N-methyl/N-ethyl adjacent to an activating group) is 1. The van der Waals surface area contributed by atoms with Gasteiger partial charge in [0.25, 0.3) is 0 Å². The third-order valence-corrected chi connectivity index (χ3v) is 4.16. The first-order valence-corrected chi connectivity index (χ1v) is 7.08. The molecule has 0 saturated carbocycles. The second kappa shape index (κ2) is 7.05. The van der Waals surface area contributed by atoms with Crippen LogP contribution in [0.5, 0.6) is 0 Å². The third-order valence-electron chi connectivity index (χ3n) is 3.18. The highest BCUT2D eigenvalue weighted by Gasteiger charge is 2.19. The fourth-order valence-electron chi connectivity index (χ4n) is 1.93. The minimum absolute atomic E-state index is 0.402. The van der Waals surface area contributed by atoms with Gasteiger partial charge in [-0.05, 0) is 23.9 Å². The molecule has 0 bridgehead atoms. The van der Waals surface area contributed by atoms with Crippen molar-refractivity contribution in [2.75, 3.05) is 19.6 Å². The van der Waals surface area contributed by atoms with Gasteiger partial charge < -0.3 is 5.73 Å². The van der Waals surface area contributed by atoms with Gasteiger partial charge in [0.1, 0.15) is 0 Å². The van der Waals surface area contributed by atoms with Crippen LogP contribution in [0.3, 0.4) is 0 Å². The van der Waals surface area contributed by atoms with Crippen LogP contribution in [0.25, 0.3) is 0 Å². The van der Waals surface area contributed by atoms with E-state index in [9.17, 15) is 0 Å². The minimum Gasteiger partial charge on any atom is -0.329 e. The Hall–Kier alpha value is -0.380. The molecule has 0 saturated heterocycles. The van der Waals surface area contributed by atoms with E-state index in [0.717, 1.165) is 19.0 Å². The summed E-state index contributed by atoms with van der Waals surface area (Å²) in [5.41, 5.74) is 5.92. The lowest BCUT2D eigenvalue weighted by molar-refractivity contribution is 0.185. The highest BCUT2D eigenvalue weighted by molar-refractivity contribution is 7.10. The van der Waals surface area contributed by atoms with Crippen molar-refractivity contribution in [2.45, 2.75) is 33.2 Å². The quantitative estimate of drug-likeness (QED) is 0.793. The zero-order valence-corrected chi connectivity index (χ0v) is 11.5. The lowest BCUT2D eigenvalue weighted by atomic mass is 10.1. The van der Waals surface area contributed by atoms with Crippen LogP contribution in [0.1, 0.15) is 38.1 Å². The Labute approximate surface area is 103 Å². The SMILES string of the molecule is CCC(C)CN(CC)C(CN)c1cccs1. The summed E-state index contributed by atoms with van der Waals surface area (Å²) in [7, 11) is 0. The van der Waals surface area contributed by atoms with Crippen LogP contribution in [0.4, 0.5) is 0 Å². The van der Waals surface area contributed by atoms with Crippen molar-refractivity contribution in [1.29, 1.82) is 0 Å². The number of nitrogens with two attached hydrogens (primary N) is 1. The molecule has 0 aliphatic rings. The molecule has 1 aromatic rings. The van der Waals surface area contributed by atoms with Crippen LogP contribution in [0.15, 0.2) is 17.5 Å². The fourth-order valence-corrected chi connectivity index (χ4v) is 2.81. The molecule has 2 unspecified atom stereocenters. The van der Waals surface area contributed by atoms with E-state index in [-0.39, 0.29) is 0 Å². The zero-order chi connectivity index (χ0) is 12.0. The molecule has 0 aliphatic carbocycles. The topological polar surface area (TPSA) is 29.3 Å². The molecular weight excluding hydrogens is 216 g/mol. The van der Waals surface area contributed by atoms with E-state index in [0.29, 0.717) is 12.6 Å². The summed E-state index contributed by atoms with van der Waals surface area (Å²) < 4.78 is 0. The summed E-state index contributed by atoms with van der Waals surface area (Å²) in [5.74, 6) is 0.744. The standard InChI is InChI=1S/C13H24N2S/c1-4-11(3)10-15(5-2)12(9-14)13-7-6-8-16-13/h6-8,11-12H,4-5,9-10,14H2,1-3H3. The number of thiophene rings is 1. The van der Waals surface area contributed by atoms with Gasteiger partial charge in [0.05, 0.1) is 6.04 Å². The number of nitrogens with zero attached hydrogens (tertiary/aromatic N) is 1. The molecule has 2 N–H and O–H groups in total. The first-order valence-electron chi connectivity index (χ1n) is 6.20. The maximum atomic E-state index is 5.92. The Bertz CT molecular complexity index is 271. The summed E-state index contributed by atoms with van der Waals surface area (Å²) in [4.78, 5) is 3.90. The van der Waals surface area contributed by atoms with E-state index >= 15 is 0 Å². The molecule has 1 aromatic heterocycles. The van der Waals surface area contributed by atoms with E-state index in [4.69, 9.17) is 5.73 Å². The first kappa shape index (κ1) is 13.7. The van der Waals surface area contributed by atoms with Gasteiger partial charge in [-0.25, -0.2) is 0 Å². The lowest BCUT2D eigenvalue weighted by Gasteiger charge is -2.31. The van der Waals surface area contributed by atoms with Gasteiger partial charge in [-0.1, -0.05) is 33.3 Å². The van der Waals surface area contributed by atoms with Crippen LogP contribution >= 0.6 is 11.3 Å². The highest BCUT2D eigenvalue weighted by Crippen LogP contribution is 2.25. The van der Waals surface area contributed by atoms with Gasteiger partial charge in [0, 0.05) is 18.0 Å². The summed E-state index contributed by atoms with van der Waals surface area (Å²) in [5, 5.41) is 2.13. The van der Waals surface area contributed by atoms with Gasteiger partial charge in [-0.3, -0.25) is 4.90 Å². The Morgan fingerprint density at radius 1 is 1.44 bits per heavy atom. The van der Waals surface area contributed by atoms with Crippen molar-refractivity contribution in [3.63, 3.8) is 0 Å². The Kier molecular flexibility index (Phi) is 6.03. The van der Waals surface area contributed by atoms with Crippen LogP contribution < -0.4 is 5.73 Å². The average molecular weight is 240 g/mol. The van der Waals surface area contributed by atoms with Crippen LogP contribution in [-0.4, -0.2) is 24.5 Å². The molecule has 0 aromatic carbocycles. The lowest BCUT2D eigenvalue weighted by Crippen LogP contribution is -2.36. The second-order valence-electron chi connectivity index (χ2n) is 4.37. The van der Waals surface area contributed by atoms with Gasteiger partial charge >= 0.3 is 0 Å². The molecule has 0 spiro atoms. The van der Waals surface area contributed by atoms with Crippen molar-refractivity contribution in [1.82, 2.24) is 4.90 Å². The van der Waals surface area contributed by atoms with Crippen molar-refractivity contribution in [2.24, 2.45) is 11.7 Å². The number of rotatable bonds is 7. The van der Waals surface area contributed by atoms with Crippen molar-refractivity contribution in [3.8, 4) is 0 Å². The van der Waals surface area contributed by atoms with E-state index in [1.165, 1.54) is 11.3 Å². The van der Waals surface area contributed by atoms with Crippen LogP contribution in [-0.2, 0) is 0 Å². The summed E-state index contributed by atoms with van der Waals surface area (Å²) in [6.45, 7) is 9.71. The summed E-state index contributed by atoms with van der Waals surface area (Å²) in [6.07, 6.45) is 1.23. The molecule has 92 valence electrons. The smallest absolute Gasteiger partial charge is 0.0564 e. The summed E-state index contributed by atoms with van der Waals surface area (Å²) in [6, 6.07) is 4.71. The largest absolute Gasteiger partial charge is 0.329 e. The number of hydrogen-bond donors (Lipinski definition) is 1. The van der Waals surface area contributed by atoms with Gasteiger partial charge in [-0.15, -0.1) is 11.3 Å². The maximum absolute atomic E-state index is 5.92. The van der Waals surface area contributed by atoms with Crippen molar-refractivity contribution in [3.05, 3.63) is 22.4 Å². The van der Waals surface area contributed by atoms with Gasteiger partial charge in [0.15, 0.2) is 0 Å². The summed E-state index contributed by atoms with van der Waals surface area (Å²) >= 11 is 1.81. The molecule has 1 rings (SSSR count). The van der Waals surface area contributed by atoms with Gasteiger partial charge in [-0.2, -0.15) is 0 Å². The Balaban J connectivity index is 2.68. The predicted octanol–water partition coefficient (Wildman–Crippen LogP) is 3.12. The van der Waals surface area contributed by atoms with E-state index in [2.05, 4.69) is 43.2 Å². The van der Waals surface area contributed by atoms with Crippen molar-refractivity contribution < 1.29 is 0 Å². The average Bonchev–Trinajstić information content (AvgIpc) is 2.82. The van der Waals surface area contributed by atoms with Gasteiger partial charge in [0.2, 0.25) is 0 Å². The Morgan fingerprint density at radius 3 is 2.62 bits per heavy atom. The molecule has 2 nitrogen and oxygen atoms in total. The molecule has 0 aliphatic heterocycles. The fraction of sp³-hybridized carbons (Fsp3) is 0.692. The Morgan fingerprint density at radius 2 is 2.19 bits per heavy atom. The zero-order valence-electron chi connectivity index (χ0n) is 10.6. The predicted molar refractivity (Wildman–Crippen MR) is 72.8 cm³/mol. The van der Waals surface area contributed by atoms with E-state index in [1.54, 1.807) is 0 Å². The van der Waals surface area contributed by atoms with Crippen LogP contribution in [0, 0.1) is 5.92 Å². The first-order chi connectivity index (χ1) is 7.72. The molecule has 3 heteroatoms. The molecule has 0 fully saturated rings. The molecule has 0 radical (unpaired) electrons. The maximum Gasteiger partial charge on any atom is 0.0564 e. The van der Waals surface area contributed by atoms with Crippen molar-refractivity contribution >= 4 is 11.3 Å². The highest BCUT2D eigenvalue weighted by atomic mass is 32.1. The monoisotopic (exact) mass is 240 g/mol. The molecule has 0 amide bonds. The van der Waals surface area contributed by atoms with Crippen LogP contribution in [0.2, 0.25) is 0 Å². The van der Waals surface area contributed by atoms with E-state index in [1.807, 2.05) is 11.3 Å². The molecule has 16 heavy (non-hydrogen) atoms. The minimum atomic E-state index is 0.402. The normalized spacial score (nSPS) is 15.3. The van der Waals surface area contributed by atoms with E-state index < -0.39 is 0 Å².